The summed E-state index contributed by atoms with van der Waals surface area (Å²) < 4.78 is 10.8. The lowest BCUT2D eigenvalue weighted by atomic mass is 10.1. The van der Waals surface area contributed by atoms with Gasteiger partial charge in [-0.1, -0.05) is 13.8 Å². The largest absolute Gasteiger partial charge is 0.381 e. The third kappa shape index (κ3) is 4.94. The fourth-order valence-corrected chi connectivity index (χ4v) is 1.77. The maximum atomic E-state index is 5.90. The minimum Gasteiger partial charge on any atom is -0.381 e. The number of rotatable bonds is 6. The fraction of sp³-hybridized carbons (Fsp3) is 1.00. The van der Waals surface area contributed by atoms with Crippen LogP contribution in [-0.4, -0.2) is 32.5 Å². The minimum atomic E-state index is 0.192. The highest BCUT2D eigenvalue weighted by molar-refractivity contribution is 4.65. The Hall–Kier alpha value is -0.120. The van der Waals surface area contributed by atoms with Gasteiger partial charge in [-0.15, -0.1) is 0 Å². The summed E-state index contributed by atoms with van der Waals surface area (Å²) in [7, 11) is 0. The average molecular weight is 201 g/mol. The SMILES string of the molecule is CC(C)CC(N)COCC1CCOC1. The fourth-order valence-electron chi connectivity index (χ4n) is 1.77. The molecule has 2 atom stereocenters. The van der Waals surface area contributed by atoms with Gasteiger partial charge in [0.25, 0.3) is 0 Å². The number of nitrogens with two attached hydrogens (primary N) is 1. The summed E-state index contributed by atoms with van der Waals surface area (Å²) in [5, 5.41) is 0. The lowest BCUT2D eigenvalue weighted by Crippen LogP contribution is -2.29. The summed E-state index contributed by atoms with van der Waals surface area (Å²) in [6.45, 7) is 7.63. The van der Waals surface area contributed by atoms with Crippen molar-refractivity contribution in [3.8, 4) is 0 Å². The van der Waals surface area contributed by atoms with Crippen molar-refractivity contribution >= 4 is 0 Å². The Labute approximate surface area is 86.9 Å². The first-order chi connectivity index (χ1) is 6.68. The van der Waals surface area contributed by atoms with Gasteiger partial charge in [-0.05, 0) is 18.8 Å². The van der Waals surface area contributed by atoms with Crippen LogP contribution in [0.15, 0.2) is 0 Å². The zero-order chi connectivity index (χ0) is 10.4. The molecule has 2 unspecified atom stereocenters. The molecule has 0 bridgehead atoms. The predicted molar refractivity (Wildman–Crippen MR) is 57.2 cm³/mol. The predicted octanol–water partition coefficient (Wildman–Crippen LogP) is 1.41. The second kappa shape index (κ2) is 6.38. The Morgan fingerprint density at radius 1 is 1.50 bits per heavy atom. The Balaban J connectivity index is 1.96. The second-order valence-corrected chi connectivity index (χ2v) is 4.66. The van der Waals surface area contributed by atoms with Gasteiger partial charge in [0.1, 0.15) is 0 Å². The van der Waals surface area contributed by atoms with E-state index >= 15 is 0 Å². The molecule has 14 heavy (non-hydrogen) atoms. The molecule has 0 spiro atoms. The molecule has 0 aromatic carbocycles. The van der Waals surface area contributed by atoms with E-state index in [1.54, 1.807) is 0 Å². The van der Waals surface area contributed by atoms with E-state index in [0.717, 1.165) is 32.7 Å². The standard InChI is InChI=1S/C11H23NO2/c1-9(2)5-11(12)8-14-7-10-3-4-13-6-10/h9-11H,3-8,12H2,1-2H3. The third-order valence-electron chi connectivity index (χ3n) is 2.48. The molecule has 3 heteroatoms. The van der Waals surface area contributed by atoms with Crippen molar-refractivity contribution in [2.75, 3.05) is 26.4 Å². The van der Waals surface area contributed by atoms with Crippen molar-refractivity contribution in [2.24, 2.45) is 17.6 Å². The molecule has 1 fully saturated rings. The molecule has 0 aliphatic carbocycles. The topological polar surface area (TPSA) is 44.5 Å². The van der Waals surface area contributed by atoms with Crippen LogP contribution >= 0.6 is 0 Å². The summed E-state index contributed by atoms with van der Waals surface area (Å²) in [5.74, 6) is 1.25. The Bertz CT molecular complexity index is 144. The van der Waals surface area contributed by atoms with Crippen LogP contribution in [0, 0.1) is 11.8 Å². The van der Waals surface area contributed by atoms with Gasteiger partial charge in [0.15, 0.2) is 0 Å². The van der Waals surface area contributed by atoms with Gasteiger partial charge in [-0.25, -0.2) is 0 Å². The van der Waals surface area contributed by atoms with Crippen LogP contribution in [0.2, 0.25) is 0 Å². The first kappa shape index (κ1) is 12.0. The van der Waals surface area contributed by atoms with Gasteiger partial charge in [0.2, 0.25) is 0 Å². The molecule has 0 saturated carbocycles. The number of hydrogen-bond donors (Lipinski definition) is 1. The molecular weight excluding hydrogens is 178 g/mol. The van der Waals surface area contributed by atoms with Crippen LogP contribution in [0.25, 0.3) is 0 Å². The summed E-state index contributed by atoms with van der Waals surface area (Å²) in [5.41, 5.74) is 5.90. The molecular formula is C11H23NO2. The highest BCUT2D eigenvalue weighted by atomic mass is 16.5. The maximum Gasteiger partial charge on any atom is 0.0617 e. The van der Waals surface area contributed by atoms with Gasteiger partial charge in [0, 0.05) is 18.6 Å². The van der Waals surface area contributed by atoms with Gasteiger partial charge in [-0.3, -0.25) is 0 Å². The molecule has 0 amide bonds. The Kier molecular flexibility index (Phi) is 5.45. The van der Waals surface area contributed by atoms with Crippen LogP contribution in [0.4, 0.5) is 0 Å². The smallest absolute Gasteiger partial charge is 0.0617 e. The van der Waals surface area contributed by atoms with Gasteiger partial charge >= 0.3 is 0 Å². The summed E-state index contributed by atoms with van der Waals surface area (Å²) >= 11 is 0. The van der Waals surface area contributed by atoms with Crippen LogP contribution in [-0.2, 0) is 9.47 Å². The first-order valence-corrected chi connectivity index (χ1v) is 5.59. The minimum absolute atomic E-state index is 0.192. The van der Waals surface area contributed by atoms with Crippen molar-refractivity contribution in [1.29, 1.82) is 0 Å². The molecule has 0 aromatic rings. The van der Waals surface area contributed by atoms with Gasteiger partial charge in [0.05, 0.1) is 19.8 Å². The van der Waals surface area contributed by atoms with Crippen LogP contribution in [0.1, 0.15) is 26.7 Å². The van der Waals surface area contributed by atoms with Crippen molar-refractivity contribution in [3.05, 3.63) is 0 Å². The second-order valence-electron chi connectivity index (χ2n) is 4.66. The summed E-state index contributed by atoms with van der Waals surface area (Å²) in [4.78, 5) is 0. The number of ether oxygens (including phenoxy) is 2. The molecule has 1 aliphatic heterocycles. The molecule has 3 nitrogen and oxygen atoms in total. The first-order valence-electron chi connectivity index (χ1n) is 5.59. The third-order valence-corrected chi connectivity index (χ3v) is 2.48. The number of hydrogen-bond acceptors (Lipinski definition) is 3. The lowest BCUT2D eigenvalue weighted by Gasteiger charge is -2.15. The Morgan fingerprint density at radius 3 is 2.86 bits per heavy atom. The van der Waals surface area contributed by atoms with Gasteiger partial charge in [-0.2, -0.15) is 0 Å². The zero-order valence-corrected chi connectivity index (χ0v) is 9.37. The van der Waals surface area contributed by atoms with E-state index in [0.29, 0.717) is 18.4 Å². The van der Waals surface area contributed by atoms with Crippen molar-refractivity contribution < 1.29 is 9.47 Å². The molecule has 84 valence electrons. The summed E-state index contributed by atoms with van der Waals surface area (Å²) in [6.07, 6.45) is 2.18. The molecule has 0 aromatic heterocycles. The monoisotopic (exact) mass is 201 g/mol. The van der Waals surface area contributed by atoms with Crippen LogP contribution in [0.3, 0.4) is 0 Å². The van der Waals surface area contributed by atoms with E-state index < -0.39 is 0 Å². The highest BCUT2D eigenvalue weighted by Gasteiger charge is 2.16. The molecule has 0 radical (unpaired) electrons. The molecule has 1 saturated heterocycles. The van der Waals surface area contributed by atoms with E-state index in [1.807, 2.05) is 0 Å². The van der Waals surface area contributed by atoms with Crippen molar-refractivity contribution in [3.63, 3.8) is 0 Å². The van der Waals surface area contributed by atoms with Gasteiger partial charge < -0.3 is 15.2 Å². The molecule has 1 heterocycles. The Morgan fingerprint density at radius 2 is 2.29 bits per heavy atom. The quantitative estimate of drug-likeness (QED) is 0.706. The van der Waals surface area contributed by atoms with Crippen LogP contribution < -0.4 is 5.73 Å². The molecule has 2 N–H and O–H groups in total. The van der Waals surface area contributed by atoms with E-state index in [1.165, 1.54) is 0 Å². The van der Waals surface area contributed by atoms with E-state index in [2.05, 4.69) is 13.8 Å². The lowest BCUT2D eigenvalue weighted by molar-refractivity contribution is 0.0776. The van der Waals surface area contributed by atoms with Crippen LogP contribution in [0.5, 0.6) is 0 Å². The van der Waals surface area contributed by atoms with E-state index in [-0.39, 0.29) is 6.04 Å². The zero-order valence-electron chi connectivity index (χ0n) is 9.37. The highest BCUT2D eigenvalue weighted by Crippen LogP contribution is 2.12. The molecule has 1 aliphatic rings. The average Bonchev–Trinajstić information content (AvgIpc) is 2.55. The molecule has 1 rings (SSSR count). The van der Waals surface area contributed by atoms with E-state index in [9.17, 15) is 0 Å². The van der Waals surface area contributed by atoms with Crippen molar-refractivity contribution in [2.45, 2.75) is 32.7 Å². The van der Waals surface area contributed by atoms with E-state index in [4.69, 9.17) is 15.2 Å². The maximum absolute atomic E-state index is 5.90. The summed E-state index contributed by atoms with van der Waals surface area (Å²) in [6, 6.07) is 0.192. The van der Waals surface area contributed by atoms with Crippen molar-refractivity contribution in [1.82, 2.24) is 0 Å². The normalized spacial score (nSPS) is 24.4.